The Kier molecular flexibility index (Phi) is 7.44. The van der Waals surface area contributed by atoms with Gasteiger partial charge in [-0.25, -0.2) is 4.79 Å². The van der Waals surface area contributed by atoms with Gasteiger partial charge in [0.1, 0.15) is 24.4 Å². The maximum absolute atomic E-state index is 11.3. The fourth-order valence-corrected chi connectivity index (χ4v) is 3.44. The monoisotopic (exact) mass is 417 g/mol. The van der Waals surface area contributed by atoms with Gasteiger partial charge >= 0.3 is 5.97 Å². The van der Waals surface area contributed by atoms with Crippen LogP contribution in [0.5, 0.6) is 0 Å². The van der Waals surface area contributed by atoms with Gasteiger partial charge in [-0.3, -0.25) is 0 Å². The van der Waals surface area contributed by atoms with Crippen LogP contribution in [-0.2, 0) is 14.3 Å². The predicted octanol–water partition coefficient (Wildman–Crippen LogP) is 1.07. The number of halogens is 1. The van der Waals surface area contributed by atoms with Gasteiger partial charge in [-0.2, -0.15) is 0 Å². The van der Waals surface area contributed by atoms with E-state index >= 15 is 0 Å². The molecule has 0 radical (unpaired) electrons. The number of carboxylic acid groups (broad SMARTS) is 1. The zero-order valence-corrected chi connectivity index (χ0v) is 17.0. The second-order valence-electron chi connectivity index (χ2n) is 8.03. The summed E-state index contributed by atoms with van der Waals surface area (Å²) in [7, 11) is 0. The number of nitrogens with one attached hydrogen (secondary N) is 1. The number of hydrogen-bond donors (Lipinski definition) is 5. The Morgan fingerprint density at radius 1 is 1.21 bits per heavy atom. The predicted molar refractivity (Wildman–Crippen MR) is 102 cm³/mol. The summed E-state index contributed by atoms with van der Waals surface area (Å²) in [4.78, 5) is 11.3. The van der Waals surface area contributed by atoms with E-state index in [1.54, 1.807) is 24.3 Å². The van der Waals surface area contributed by atoms with Crippen LogP contribution in [0.1, 0.15) is 39.4 Å². The Morgan fingerprint density at radius 2 is 1.86 bits per heavy atom. The van der Waals surface area contributed by atoms with Crippen molar-refractivity contribution in [3.05, 3.63) is 34.9 Å². The molecule has 0 unspecified atom stereocenters. The van der Waals surface area contributed by atoms with E-state index in [4.69, 9.17) is 21.1 Å². The lowest BCUT2D eigenvalue weighted by Gasteiger charge is -2.41. The Bertz CT molecular complexity index is 680. The minimum atomic E-state index is -1.78. The molecule has 5 N–H and O–H groups in total. The van der Waals surface area contributed by atoms with Crippen LogP contribution in [0.3, 0.4) is 0 Å². The largest absolute Gasteiger partial charge is 0.479 e. The number of aliphatic hydroxyl groups is 3. The lowest BCUT2D eigenvalue weighted by atomic mass is 9.97. The number of carbonyl (C=O) groups is 1. The van der Waals surface area contributed by atoms with Gasteiger partial charge in [0.05, 0.1) is 0 Å². The van der Waals surface area contributed by atoms with E-state index < -0.39 is 42.8 Å². The molecule has 1 saturated heterocycles. The highest BCUT2D eigenvalue weighted by Crippen LogP contribution is 2.31. The highest BCUT2D eigenvalue weighted by atomic mass is 35.5. The summed E-state index contributed by atoms with van der Waals surface area (Å²) in [6.45, 7) is 7.80. The number of rotatable bonds is 6. The Labute approximate surface area is 169 Å². The molecule has 9 heteroatoms. The van der Waals surface area contributed by atoms with Crippen molar-refractivity contribution in [2.24, 2.45) is 0 Å². The average Bonchev–Trinajstić information content (AvgIpc) is 2.57. The molecule has 8 nitrogen and oxygen atoms in total. The summed E-state index contributed by atoms with van der Waals surface area (Å²) in [5.74, 6) is -1.47. The van der Waals surface area contributed by atoms with Gasteiger partial charge in [-0.15, -0.1) is 0 Å². The molecule has 0 amide bonds. The van der Waals surface area contributed by atoms with E-state index in [9.17, 15) is 25.2 Å². The second kappa shape index (κ2) is 9.04. The van der Waals surface area contributed by atoms with Crippen LogP contribution in [-0.4, -0.2) is 68.7 Å². The lowest BCUT2D eigenvalue weighted by molar-refractivity contribution is -0.307. The van der Waals surface area contributed by atoms with Gasteiger partial charge in [0.15, 0.2) is 12.4 Å². The maximum Gasteiger partial charge on any atom is 0.335 e. The summed E-state index contributed by atoms with van der Waals surface area (Å²) in [5.41, 5.74) is 0.422. The van der Waals surface area contributed by atoms with Crippen molar-refractivity contribution >= 4 is 17.6 Å². The summed E-state index contributed by atoms with van der Waals surface area (Å²) in [6, 6.07) is 6.64. The zero-order chi connectivity index (χ0) is 21.2. The van der Waals surface area contributed by atoms with Crippen molar-refractivity contribution in [1.29, 1.82) is 0 Å². The average molecular weight is 418 g/mol. The Balaban J connectivity index is 2.31. The van der Waals surface area contributed by atoms with E-state index in [0.717, 1.165) is 0 Å². The second-order valence-corrected chi connectivity index (χ2v) is 8.47. The standard InChI is InChI=1S/C19H28ClNO7/c1-9(21-19(2,3)4)15(10-6-5-7-11(20)8-10)27-18-14(24)12(22)13(23)16(28-18)17(25)26/h5-9,12-16,18,21-24H,1-4H3,(H,25,26)/t9-,12-,13-,14+,15+,16-,18+/m0/s1. The maximum atomic E-state index is 11.3. The first kappa shape index (κ1) is 23.0. The molecular formula is C19H28ClNO7. The first-order chi connectivity index (χ1) is 12.9. The molecule has 1 aromatic carbocycles. The summed E-state index contributed by atoms with van der Waals surface area (Å²) in [6.07, 6.45) is -9.02. The quantitative estimate of drug-likeness (QED) is 0.465. The molecule has 0 bridgehead atoms. The molecule has 0 aliphatic carbocycles. The van der Waals surface area contributed by atoms with Crippen LogP contribution < -0.4 is 5.32 Å². The Morgan fingerprint density at radius 3 is 2.39 bits per heavy atom. The van der Waals surface area contributed by atoms with Crippen LogP contribution in [0.4, 0.5) is 0 Å². The molecule has 158 valence electrons. The molecule has 1 fully saturated rings. The molecule has 1 heterocycles. The first-order valence-electron chi connectivity index (χ1n) is 9.02. The van der Waals surface area contributed by atoms with E-state index in [1.165, 1.54) is 0 Å². The Hall–Kier alpha value is -1.26. The molecular weight excluding hydrogens is 390 g/mol. The summed E-state index contributed by atoms with van der Waals surface area (Å²) < 4.78 is 11.2. The van der Waals surface area contributed by atoms with Crippen molar-refractivity contribution in [3.8, 4) is 0 Å². The number of carboxylic acids is 1. The molecule has 1 aromatic rings. The molecule has 7 atom stereocenters. The van der Waals surface area contributed by atoms with E-state index in [0.29, 0.717) is 10.6 Å². The van der Waals surface area contributed by atoms with Gasteiger partial charge in [-0.1, -0.05) is 23.7 Å². The van der Waals surface area contributed by atoms with Crippen molar-refractivity contribution in [2.75, 3.05) is 0 Å². The fraction of sp³-hybridized carbons (Fsp3) is 0.632. The molecule has 1 aliphatic heterocycles. The number of benzene rings is 1. The van der Waals surface area contributed by atoms with Crippen LogP contribution >= 0.6 is 11.6 Å². The van der Waals surface area contributed by atoms with E-state index in [1.807, 2.05) is 27.7 Å². The van der Waals surface area contributed by atoms with Crippen LogP contribution in [0.25, 0.3) is 0 Å². The van der Waals surface area contributed by atoms with Crippen LogP contribution in [0.2, 0.25) is 5.02 Å². The molecule has 0 spiro atoms. The third kappa shape index (κ3) is 5.64. The zero-order valence-electron chi connectivity index (χ0n) is 16.2. The third-order valence-electron chi connectivity index (χ3n) is 4.39. The molecule has 1 aliphatic rings. The van der Waals surface area contributed by atoms with Gasteiger partial charge < -0.3 is 35.2 Å². The van der Waals surface area contributed by atoms with Gasteiger partial charge in [0.25, 0.3) is 0 Å². The van der Waals surface area contributed by atoms with Crippen molar-refractivity contribution in [1.82, 2.24) is 5.32 Å². The number of hydrogen-bond acceptors (Lipinski definition) is 7. The summed E-state index contributed by atoms with van der Waals surface area (Å²) in [5, 5.41) is 43.2. The van der Waals surface area contributed by atoms with Crippen LogP contribution in [0, 0.1) is 0 Å². The van der Waals surface area contributed by atoms with Crippen molar-refractivity contribution in [3.63, 3.8) is 0 Å². The van der Waals surface area contributed by atoms with Gasteiger partial charge in [0, 0.05) is 16.6 Å². The normalized spacial score (nSPS) is 30.6. The van der Waals surface area contributed by atoms with Crippen LogP contribution in [0.15, 0.2) is 24.3 Å². The van der Waals surface area contributed by atoms with Crippen molar-refractivity contribution in [2.45, 2.75) is 76.1 Å². The molecule has 0 aromatic heterocycles. The van der Waals surface area contributed by atoms with Gasteiger partial charge in [-0.05, 0) is 45.4 Å². The highest BCUT2D eigenvalue weighted by Gasteiger charge is 2.48. The fourth-order valence-electron chi connectivity index (χ4n) is 3.24. The summed E-state index contributed by atoms with van der Waals surface area (Å²) >= 11 is 6.10. The highest BCUT2D eigenvalue weighted by molar-refractivity contribution is 6.30. The number of aliphatic hydroxyl groups excluding tert-OH is 3. The van der Waals surface area contributed by atoms with E-state index in [-0.39, 0.29) is 11.6 Å². The van der Waals surface area contributed by atoms with Crippen molar-refractivity contribution < 1.29 is 34.7 Å². The SMILES string of the molecule is C[C@H](NC(C)(C)C)[C@@H](O[C@@H]1O[C@H](C(=O)O)[C@@H](O)[C@H](O)[C@H]1O)c1cccc(Cl)c1. The minimum absolute atomic E-state index is 0.259. The first-order valence-corrected chi connectivity index (χ1v) is 9.39. The molecule has 28 heavy (non-hydrogen) atoms. The topological polar surface area (TPSA) is 128 Å². The third-order valence-corrected chi connectivity index (χ3v) is 4.62. The van der Waals surface area contributed by atoms with E-state index in [2.05, 4.69) is 5.32 Å². The number of ether oxygens (including phenoxy) is 2. The smallest absolute Gasteiger partial charge is 0.335 e. The number of aliphatic carboxylic acids is 1. The molecule has 0 saturated carbocycles. The minimum Gasteiger partial charge on any atom is -0.479 e. The lowest BCUT2D eigenvalue weighted by Crippen LogP contribution is -2.61. The molecule has 2 rings (SSSR count). The van der Waals surface area contributed by atoms with Gasteiger partial charge in [0.2, 0.25) is 0 Å².